The van der Waals surface area contributed by atoms with Crippen LogP contribution in [0.2, 0.25) is 0 Å². The number of hydrogen-bond donors (Lipinski definition) is 1. The van der Waals surface area contributed by atoms with Crippen molar-refractivity contribution < 1.29 is 0 Å². The zero-order valence-electron chi connectivity index (χ0n) is 30.8. The third-order valence-electron chi connectivity index (χ3n) is 7.96. The molecule has 52 heavy (non-hydrogen) atoms. The van der Waals surface area contributed by atoms with Crippen LogP contribution < -0.4 is 9.80 Å². The van der Waals surface area contributed by atoms with E-state index < -0.39 is 0 Å². The van der Waals surface area contributed by atoms with Crippen LogP contribution in [0.1, 0.15) is 26.3 Å². The molecular weight excluding hydrogens is 671 g/mol. The predicted molar refractivity (Wildman–Crippen MR) is 239 cm³/mol. The maximum Gasteiger partial charge on any atom is 0.0766 e. The van der Waals surface area contributed by atoms with Crippen LogP contribution in [0.4, 0.5) is 17.1 Å². The molecule has 0 spiro atoms. The largest absolute Gasteiger partial charge is 0.313 e. The maximum absolute atomic E-state index is 4.71. The molecule has 0 atom stereocenters. The van der Waals surface area contributed by atoms with Crippen LogP contribution in [0.25, 0.3) is 5.57 Å². The zero-order chi connectivity index (χ0) is 38.0. The highest BCUT2D eigenvalue weighted by Crippen LogP contribution is 2.36. The van der Waals surface area contributed by atoms with Gasteiger partial charge < -0.3 is 14.7 Å². The molecule has 0 radical (unpaired) electrons. The minimum absolute atomic E-state index is 0.680. The molecule has 0 bridgehead atoms. The Labute approximate surface area is 322 Å². The minimum Gasteiger partial charge on any atom is -0.313 e. The van der Waals surface area contributed by atoms with Crippen molar-refractivity contribution in [3.63, 3.8) is 0 Å². The van der Waals surface area contributed by atoms with Crippen molar-refractivity contribution in [1.29, 1.82) is 0 Å². The van der Waals surface area contributed by atoms with E-state index in [0.717, 1.165) is 68.1 Å². The van der Waals surface area contributed by atoms with Crippen molar-refractivity contribution in [2.75, 3.05) is 21.3 Å². The summed E-state index contributed by atoms with van der Waals surface area (Å²) in [4.78, 5) is 6.32. The molecule has 0 aliphatic carbocycles. The maximum atomic E-state index is 4.71. The average Bonchev–Trinajstić information content (AvgIpc) is 3.43. The van der Waals surface area contributed by atoms with Gasteiger partial charge in [-0.1, -0.05) is 107 Å². The van der Waals surface area contributed by atoms with E-state index in [-0.39, 0.29) is 0 Å². The second kappa shape index (κ2) is 21.1. The molecule has 1 aliphatic heterocycles. The van der Waals surface area contributed by atoms with Crippen LogP contribution in [0.15, 0.2) is 225 Å². The lowest BCUT2D eigenvalue weighted by molar-refractivity contribution is 0.603. The minimum atomic E-state index is 0.680. The van der Waals surface area contributed by atoms with E-state index in [9.17, 15) is 0 Å². The second-order valence-corrected chi connectivity index (χ2v) is 13.1. The van der Waals surface area contributed by atoms with Crippen molar-refractivity contribution >= 4 is 47.0 Å². The number of thioether (sulfide) groups is 1. The van der Waals surface area contributed by atoms with Crippen LogP contribution in [0.3, 0.4) is 0 Å². The number of anilines is 3. The van der Waals surface area contributed by atoms with E-state index in [2.05, 4.69) is 136 Å². The van der Waals surface area contributed by atoms with Gasteiger partial charge in [-0.2, -0.15) is 11.8 Å². The molecule has 0 saturated heterocycles. The smallest absolute Gasteiger partial charge is 0.0766 e. The molecule has 2 aromatic rings. The van der Waals surface area contributed by atoms with Gasteiger partial charge in [0.15, 0.2) is 0 Å². The molecular formula is C47H51N3S2. The van der Waals surface area contributed by atoms with E-state index in [1.807, 2.05) is 79.1 Å². The number of hydrogen-bond acceptors (Lipinski definition) is 5. The quantitative estimate of drug-likeness (QED) is 0.121. The summed E-state index contributed by atoms with van der Waals surface area (Å²) >= 11 is 6.60. The van der Waals surface area contributed by atoms with Gasteiger partial charge in [0.1, 0.15) is 0 Å². The SMILES string of the molecule is C=C/C=C(\S)N(C(=C)/C=C\C(=C)c1ccc(N(C2=CC=CCSC2)c2ccc(N(C(=C)C=C)/C(C=C)=C(C)/C=C\C)cc2)cc1)C(/C=C\C)=C/C=C. The topological polar surface area (TPSA) is 9.72 Å². The Hall–Kier alpha value is -5.36. The Morgan fingerprint density at radius 2 is 1.37 bits per heavy atom. The first-order valence-corrected chi connectivity index (χ1v) is 18.6. The van der Waals surface area contributed by atoms with Crippen LogP contribution >= 0.6 is 24.4 Å². The number of thiol groups is 1. The third kappa shape index (κ3) is 10.8. The molecule has 0 amide bonds. The molecule has 0 fully saturated rings. The lowest BCUT2D eigenvalue weighted by Gasteiger charge is -2.30. The summed E-state index contributed by atoms with van der Waals surface area (Å²) in [5, 5.41) is 0.680. The first kappa shape index (κ1) is 41.1. The molecule has 5 heteroatoms. The summed E-state index contributed by atoms with van der Waals surface area (Å²) in [6.45, 7) is 34.8. The Morgan fingerprint density at radius 3 is 1.94 bits per heavy atom. The highest BCUT2D eigenvalue weighted by molar-refractivity contribution is 7.99. The molecule has 266 valence electrons. The van der Waals surface area contributed by atoms with Gasteiger partial charge in [0.2, 0.25) is 0 Å². The zero-order valence-corrected chi connectivity index (χ0v) is 32.6. The summed E-state index contributed by atoms with van der Waals surface area (Å²) in [7, 11) is 0. The van der Waals surface area contributed by atoms with Crippen LogP contribution in [0, 0.1) is 0 Å². The van der Waals surface area contributed by atoms with Gasteiger partial charge >= 0.3 is 0 Å². The van der Waals surface area contributed by atoms with Gasteiger partial charge in [-0.05, 0) is 116 Å². The highest BCUT2D eigenvalue weighted by Gasteiger charge is 2.19. The third-order valence-corrected chi connectivity index (χ3v) is 9.24. The lowest BCUT2D eigenvalue weighted by atomic mass is 10.1. The van der Waals surface area contributed by atoms with E-state index in [0.29, 0.717) is 5.03 Å². The van der Waals surface area contributed by atoms with E-state index >= 15 is 0 Å². The Kier molecular flexibility index (Phi) is 16.7. The lowest BCUT2D eigenvalue weighted by Crippen LogP contribution is -2.21. The normalized spacial score (nSPS) is 14.0. The van der Waals surface area contributed by atoms with Gasteiger partial charge in [-0.15, -0.1) is 12.6 Å². The van der Waals surface area contributed by atoms with Crippen LogP contribution in [-0.4, -0.2) is 16.4 Å². The summed E-state index contributed by atoms with van der Waals surface area (Å²) in [5.74, 6) is 1.85. The fourth-order valence-corrected chi connectivity index (χ4v) is 6.66. The Bertz CT molecular complexity index is 1900. The average molecular weight is 722 g/mol. The standard InChI is InChI=1S/C47H51N3S2/c1-11-19-37(8)46(16-6)48(38(9)15-5)42-30-32-44(33-31-42)50(45-23-17-18-34-52-35-45)43-28-26-40(27-29-43)36(7)24-25-39(10)49(47(51)22-14-4)41(20-12-2)21-13-3/h11-33,51H,2,4-7,9-10,34-35H2,1,3,8H3/b19-11-,21-13-,25-24-,41-20+,46-37+,47-22-. The number of benzene rings is 2. The summed E-state index contributed by atoms with van der Waals surface area (Å²) in [6, 6.07) is 17.0. The molecule has 2 aromatic carbocycles. The van der Waals surface area contributed by atoms with Crippen LogP contribution in [0.5, 0.6) is 0 Å². The summed E-state index contributed by atoms with van der Waals surface area (Å²) < 4.78 is 0. The molecule has 3 rings (SSSR count). The molecule has 3 nitrogen and oxygen atoms in total. The van der Waals surface area contributed by atoms with Crippen molar-refractivity contribution in [3.8, 4) is 0 Å². The second-order valence-electron chi connectivity index (χ2n) is 11.6. The Morgan fingerprint density at radius 1 is 0.750 bits per heavy atom. The van der Waals surface area contributed by atoms with Gasteiger partial charge in [0, 0.05) is 57.1 Å². The van der Waals surface area contributed by atoms with Gasteiger partial charge in [0.25, 0.3) is 0 Å². The molecule has 1 aliphatic rings. The highest BCUT2D eigenvalue weighted by atomic mass is 32.2. The molecule has 1 heterocycles. The van der Waals surface area contributed by atoms with Gasteiger partial charge in [0.05, 0.1) is 5.03 Å². The van der Waals surface area contributed by atoms with E-state index in [4.69, 9.17) is 12.6 Å². The monoisotopic (exact) mass is 721 g/mol. The first-order valence-electron chi connectivity index (χ1n) is 17.0. The first-order chi connectivity index (χ1) is 25.1. The Balaban J connectivity index is 2.00. The molecule has 0 saturated carbocycles. The predicted octanol–water partition coefficient (Wildman–Crippen LogP) is 13.5. The molecule has 0 aromatic heterocycles. The van der Waals surface area contributed by atoms with Crippen molar-refractivity contribution in [1.82, 2.24) is 4.90 Å². The molecule has 0 N–H and O–H groups in total. The van der Waals surface area contributed by atoms with Gasteiger partial charge in [-0.25, -0.2) is 0 Å². The van der Waals surface area contributed by atoms with Crippen molar-refractivity contribution in [3.05, 3.63) is 230 Å². The number of rotatable bonds is 18. The fraction of sp³-hybridized carbons (Fsp3) is 0.106. The number of nitrogens with zero attached hydrogens (tertiary/aromatic N) is 3. The fourth-order valence-electron chi connectivity index (χ4n) is 5.51. The van der Waals surface area contributed by atoms with Crippen LogP contribution in [-0.2, 0) is 0 Å². The van der Waals surface area contributed by atoms with Gasteiger partial charge in [-0.3, -0.25) is 0 Å². The number of allylic oxidation sites excluding steroid dienone is 16. The molecule has 0 unspecified atom stereocenters. The summed E-state index contributed by atoms with van der Waals surface area (Å²) in [5.41, 5.74) is 10.5. The summed E-state index contributed by atoms with van der Waals surface area (Å²) in [6.07, 6.45) is 29.3. The van der Waals surface area contributed by atoms with E-state index in [1.165, 1.54) is 5.70 Å². The van der Waals surface area contributed by atoms with Crippen molar-refractivity contribution in [2.45, 2.75) is 20.8 Å². The van der Waals surface area contributed by atoms with Crippen molar-refractivity contribution in [2.24, 2.45) is 0 Å². The van der Waals surface area contributed by atoms with E-state index in [1.54, 1.807) is 18.2 Å².